The highest BCUT2D eigenvalue weighted by molar-refractivity contribution is 9.10. The average molecular weight is 617 g/mol. The first kappa shape index (κ1) is 27.4. The number of thioether (sulfide) groups is 1. The molecular formula is C26H19BrClN3O6S. The number of carbonyl (C=O) groups excluding carboxylic acids is 3. The Morgan fingerprint density at radius 2 is 1.89 bits per heavy atom. The van der Waals surface area contributed by atoms with Crippen LogP contribution < -0.4 is 10.1 Å². The van der Waals surface area contributed by atoms with E-state index < -0.39 is 28.5 Å². The summed E-state index contributed by atoms with van der Waals surface area (Å²) in [5, 5.41) is 13.4. The molecule has 194 valence electrons. The molecule has 4 rings (SSSR count). The molecule has 38 heavy (non-hydrogen) atoms. The second kappa shape index (κ2) is 11.8. The topological polar surface area (TPSA) is 119 Å². The first-order valence-electron chi connectivity index (χ1n) is 11.1. The van der Waals surface area contributed by atoms with Gasteiger partial charge in [0, 0.05) is 32.9 Å². The zero-order valence-electron chi connectivity index (χ0n) is 19.8. The molecule has 0 unspecified atom stereocenters. The van der Waals surface area contributed by atoms with Crippen molar-refractivity contribution in [3.05, 3.63) is 102 Å². The first-order chi connectivity index (χ1) is 18.1. The summed E-state index contributed by atoms with van der Waals surface area (Å²) in [6, 6.07) is 16.2. The molecule has 0 aliphatic carbocycles. The molecular weight excluding hydrogens is 598 g/mol. The van der Waals surface area contributed by atoms with E-state index in [1.807, 2.05) is 6.92 Å². The number of benzene rings is 3. The fourth-order valence-electron chi connectivity index (χ4n) is 3.43. The van der Waals surface area contributed by atoms with Crippen LogP contribution in [0.2, 0.25) is 5.02 Å². The van der Waals surface area contributed by atoms with Gasteiger partial charge in [0.1, 0.15) is 18.9 Å². The molecule has 3 aromatic carbocycles. The fourth-order valence-corrected chi connectivity index (χ4v) is 4.82. The van der Waals surface area contributed by atoms with Crippen LogP contribution in [0.5, 0.6) is 5.75 Å². The lowest BCUT2D eigenvalue weighted by molar-refractivity contribution is -0.384. The van der Waals surface area contributed by atoms with Gasteiger partial charge in [-0.25, -0.2) is 0 Å². The lowest BCUT2D eigenvalue weighted by atomic mass is 10.1. The van der Waals surface area contributed by atoms with Crippen molar-refractivity contribution >= 4 is 73.8 Å². The minimum absolute atomic E-state index is 0.0230. The summed E-state index contributed by atoms with van der Waals surface area (Å²) in [7, 11) is 0. The molecule has 1 aliphatic heterocycles. The quantitative estimate of drug-likeness (QED) is 0.173. The maximum Gasteiger partial charge on any atom is 0.294 e. The summed E-state index contributed by atoms with van der Waals surface area (Å²) in [5.74, 6) is -0.700. The van der Waals surface area contributed by atoms with Crippen molar-refractivity contribution in [1.82, 2.24) is 4.90 Å². The summed E-state index contributed by atoms with van der Waals surface area (Å²) in [5.41, 5.74) is 2.53. The van der Waals surface area contributed by atoms with Crippen LogP contribution in [0.1, 0.15) is 16.7 Å². The lowest BCUT2D eigenvalue weighted by Gasteiger charge is -2.13. The molecule has 0 saturated carbocycles. The van der Waals surface area contributed by atoms with Crippen LogP contribution in [-0.2, 0) is 16.2 Å². The van der Waals surface area contributed by atoms with Crippen LogP contribution in [0.3, 0.4) is 0 Å². The van der Waals surface area contributed by atoms with Crippen LogP contribution in [-0.4, -0.2) is 33.4 Å². The minimum Gasteiger partial charge on any atom is -0.488 e. The van der Waals surface area contributed by atoms with E-state index in [0.29, 0.717) is 27.6 Å². The Bertz CT molecular complexity index is 1480. The van der Waals surface area contributed by atoms with Gasteiger partial charge in [0.05, 0.1) is 9.83 Å². The summed E-state index contributed by atoms with van der Waals surface area (Å²) in [6.45, 7) is 1.51. The number of anilines is 1. The molecule has 3 aromatic rings. The zero-order valence-corrected chi connectivity index (χ0v) is 22.9. The van der Waals surface area contributed by atoms with E-state index in [-0.39, 0.29) is 17.2 Å². The molecule has 1 N–H and O–H groups in total. The number of hydrogen-bond acceptors (Lipinski definition) is 7. The van der Waals surface area contributed by atoms with Crippen LogP contribution in [0.4, 0.5) is 16.2 Å². The van der Waals surface area contributed by atoms with E-state index in [0.717, 1.165) is 26.7 Å². The molecule has 0 aromatic heterocycles. The Balaban J connectivity index is 1.46. The Labute approximate surface area is 235 Å². The molecule has 0 spiro atoms. The number of nitro benzene ring substituents is 1. The van der Waals surface area contributed by atoms with E-state index in [1.165, 1.54) is 18.2 Å². The van der Waals surface area contributed by atoms with Crippen molar-refractivity contribution in [2.24, 2.45) is 0 Å². The number of imide groups is 1. The van der Waals surface area contributed by atoms with Gasteiger partial charge in [0.25, 0.3) is 16.8 Å². The average Bonchev–Trinajstić information content (AvgIpc) is 3.13. The standard InChI is InChI=1S/C26H19BrClN3O6S/c1-15-2-6-19(12-21(15)28)29-24(32)13-30-25(33)23(38-26(30)34)11-17-10-18(27)5-9-22(17)37-14-16-3-7-20(8-4-16)31(35)36/h2-12H,13-14H2,1H3,(H,29,32)/b23-11-. The lowest BCUT2D eigenvalue weighted by Crippen LogP contribution is -2.36. The summed E-state index contributed by atoms with van der Waals surface area (Å²) in [6.07, 6.45) is 1.53. The van der Waals surface area contributed by atoms with Crippen LogP contribution in [0.15, 0.2) is 70.0 Å². The highest BCUT2D eigenvalue weighted by Crippen LogP contribution is 2.35. The van der Waals surface area contributed by atoms with Gasteiger partial charge in [-0.15, -0.1) is 0 Å². The van der Waals surface area contributed by atoms with Crippen LogP contribution >= 0.6 is 39.3 Å². The van der Waals surface area contributed by atoms with E-state index in [2.05, 4.69) is 21.2 Å². The third-order valence-corrected chi connectivity index (χ3v) is 7.24. The van der Waals surface area contributed by atoms with Crippen LogP contribution in [0, 0.1) is 17.0 Å². The van der Waals surface area contributed by atoms with Crippen molar-refractivity contribution in [2.45, 2.75) is 13.5 Å². The predicted molar refractivity (Wildman–Crippen MR) is 149 cm³/mol. The summed E-state index contributed by atoms with van der Waals surface area (Å²) >= 11 is 10.2. The largest absolute Gasteiger partial charge is 0.488 e. The van der Waals surface area contributed by atoms with Crippen molar-refractivity contribution in [3.8, 4) is 5.75 Å². The predicted octanol–water partition coefficient (Wildman–Crippen LogP) is 6.57. The Morgan fingerprint density at radius 1 is 1.16 bits per heavy atom. The van der Waals surface area contributed by atoms with Gasteiger partial charge < -0.3 is 10.1 Å². The smallest absolute Gasteiger partial charge is 0.294 e. The molecule has 0 bridgehead atoms. The number of halogens is 2. The normalized spacial score (nSPS) is 14.2. The van der Waals surface area contributed by atoms with Gasteiger partial charge in [-0.1, -0.05) is 33.6 Å². The zero-order chi connectivity index (χ0) is 27.4. The number of nitrogens with zero attached hydrogens (tertiary/aromatic N) is 2. The third kappa shape index (κ3) is 6.60. The Hall–Kier alpha value is -3.67. The summed E-state index contributed by atoms with van der Waals surface area (Å²) in [4.78, 5) is 49.4. The number of aryl methyl sites for hydroxylation is 1. The molecule has 1 heterocycles. The first-order valence-corrected chi connectivity index (χ1v) is 13.1. The van der Waals surface area contributed by atoms with Gasteiger partial charge >= 0.3 is 0 Å². The number of non-ortho nitro benzene ring substituents is 1. The maximum absolute atomic E-state index is 13.0. The minimum atomic E-state index is -0.599. The van der Waals surface area contributed by atoms with Crippen molar-refractivity contribution < 1.29 is 24.0 Å². The molecule has 3 amide bonds. The third-order valence-electron chi connectivity index (χ3n) is 5.43. The number of ether oxygens (including phenoxy) is 1. The number of rotatable bonds is 8. The molecule has 1 saturated heterocycles. The number of carbonyl (C=O) groups is 3. The summed E-state index contributed by atoms with van der Waals surface area (Å²) < 4.78 is 6.62. The monoisotopic (exact) mass is 615 g/mol. The van der Waals surface area contributed by atoms with Gasteiger partial charge in [-0.2, -0.15) is 0 Å². The van der Waals surface area contributed by atoms with Crippen molar-refractivity contribution in [3.63, 3.8) is 0 Å². The molecule has 9 nitrogen and oxygen atoms in total. The second-order valence-electron chi connectivity index (χ2n) is 8.17. The number of hydrogen-bond donors (Lipinski definition) is 1. The fraction of sp³-hybridized carbons (Fsp3) is 0.115. The van der Waals surface area contributed by atoms with E-state index >= 15 is 0 Å². The highest BCUT2D eigenvalue weighted by atomic mass is 79.9. The van der Waals surface area contributed by atoms with Crippen molar-refractivity contribution in [1.29, 1.82) is 0 Å². The SMILES string of the molecule is Cc1ccc(NC(=O)CN2C(=O)S/C(=C\c3cc(Br)ccc3OCc3ccc([N+](=O)[O-])cc3)C2=O)cc1Cl. The number of nitro groups is 1. The van der Waals surface area contributed by atoms with E-state index in [1.54, 1.807) is 48.5 Å². The highest BCUT2D eigenvalue weighted by Gasteiger charge is 2.36. The van der Waals surface area contributed by atoms with Gasteiger partial charge in [0.2, 0.25) is 5.91 Å². The second-order valence-corrected chi connectivity index (χ2v) is 10.5. The molecule has 1 aliphatic rings. The van der Waals surface area contributed by atoms with E-state index in [9.17, 15) is 24.5 Å². The Kier molecular flexibility index (Phi) is 8.50. The Morgan fingerprint density at radius 3 is 2.58 bits per heavy atom. The molecule has 12 heteroatoms. The van der Waals surface area contributed by atoms with Crippen LogP contribution in [0.25, 0.3) is 6.08 Å². The number of nitrogens with one attached hydrogen (secondary N) is 1. The maximum atomic E-state index is 13.0. The molecule has 1 fully saturated rings. The molecule has 0 atom stereocenters. The number of amides is 3. The van der Waals surface area contributed by atoms with E-state index in [4.69, 9.17) is 16.3 Å². The van der Waals surface area contributed by atoms with Crippen molar-refractivity contribution in [2.75, 3.05) is 11.9 Å². The van der Waals surface area contributed by atoms with Gasteiger partial charge in [-0.05, 0) is 78.4 Å². The van der Waals surface area contributed by atoms with Gasteiger partial charge in [-0.3, -0.25) is 29.4 Å². The molecule has 0 radical (unpaired) electrons. The van der Waals surface area contributed by atoms with Gasteiger partial charge in [0.15, 0.2) is 0 Å².